The molecule has 2 atom stereocenters. The Bertz CT molecular complexity index is 493. The molecule has 1 aromatic carbocycles. The van der Waals surface area contributed by atoms with Crippen molar-refractivity contribution in [3.63, 3.8) is 0 Å². The summed E-state index contributed by atoms with van der Waals surface area (Å²) in [4.78, 5) is 11.8. The van der Waals surface area contributed by atoms with E-state index < -0.39 is 0 Å². The Morgan fingerprint density at radius 1 is 1.43 bits per heavy atom. The largest absolute Gasteiger partial charge is 0.481 e. The minimum Gasteiger partial charge on any atom is -0.481 e. The number of para-hydroxylation sites is 1. The fourth-order valence-corrected chi connectivity index (χ4v) is 2.01. The number of methoxy groups -OCH3 is 1. The number of carbonyl (C=O) groups excluding carboxylic acids is 1. The third-order valence-corrected chi connectivity index (χ3v) is 3.46. The molecule has 2 unspecified atom stereocenters. The molecule has 0 aliphatic heterocycles. The van der Waals surface area contributed by atoms with Gasteiger partial charge in [-0.1, -0.05) is 44.4 Å². The molecule has 0 radical (unpaired) electrons. The zero-order chi connectivity index (χ0) is 15.7. The number of benzene rings is 1. The highest BCUT2D eigenvalue weighted by molar-refractivity contribution is 5.76. The molecule has 1 rings (SSSR count). The van der Waals surface area contributed by atoms with Gasteiger partial charge in [0.25, 0.3) is 0 Å². The van der Waals surface area contributed by atoms with E-state index >= 15 is 0 Å². The summed E-state index contributed by atoms with van der Waals surface area (Å²) in [6.07, 6.45) is 6.10. The fraction of sp³-hybridized carbons (Fsp3) is 0.471. The van der Waals surface area contributed by atoms with Crippen molar-refractivity contribution in [3.8, 4) is 18.1 Å². The van der Waals surface area contributed by atoms with Crippen molar-refractivity contribution in [1.82, 2.24) is 5.32 Å². The molecule has 0 aliphatic carbocycles. The first kappa shape index (κ1) is 17.1. The lowest BCUT2D eigenvalue weighted by Crippen LogP contribution is -2.42. The van der Waals surface area contributed by atoms with Gasteiger partial charge in [0.2, 0.25) is 0 Å². The van der Waals surface area contributed by atoms with Crippen LogP contribution in [0.4, 0.5) is 0 Å². The molecule has 0 spiro atoms. The van der Waals surface area contributed by atoms with Crippen LogP contribution in [0, 0.1) is 18.3 Å². The molecule has 0 bridgehead atoms. The number of hydrogen-bond donors (Lipinski definition) is 1. The van der Waals surface area contributed by atoms with Crippen molar-refractivity contribution in [3.05, 3.63) is 29.8 Å². The molecule has 0 saturated heterocycles. The smallest absolute Gasteiger partial charge is 0.323 e. The molecule has 0 fully saturated rings. The van der Waals surface area contributed by atoms with Crippen LogP contribution in [0.15, 0.2) is 24.3 Å². The first-order chi connectivity index (χ1) is 10.1. The summed E-state index contributed by atoms with van der Waals surface area (Å²) in [5, 5.41) is 3.25. The van der Waals surface area contributed by atoms with Crippen molar-refractivity contribution in [1.29, 1.82) is 0 Å². The lowest BCUT2D eigenvalue weighted by Gasteiger charge is -2.22. The second-order valence-corrected chi connectivity index (χ2v) is 4.87. The SMILES string of the molecule is C#CCOc1ccccc1CNC(C(=O)OC)C(C)CC. The van der Waals surface area contributed by atoms with E-state index in [0.717, 1.165) is 17.7 Å². The van der Waals surface area contributed by atoms with E-state index in [-0.39, 0.29) is 24.5 Å². The summed E-state index contributed by atoms with van der Waals surface area (Å²) in [6.45, 7) is 4.81. The van der Waals surface area contributed by atoms with Gasteiger partial charge in [0, 0.05) is 12.1 Å². The minimum atomic E-state index is -0.333. The molecule has 21 heavy (non-hydrogen) atoms. The van der Waals surface area contributed by atoms with Crippen LogP contribution in [-0.2, 0) is 16.1 Å². The van der Waals surface area contributed by atoms with E-state index in [0.29, 0.717) is 6.54 Å². The Hall–Kier alpha value is -1.99. The monoisotopic (exact) mass is 289 g/mol. The predicted octanol–water partition coefficient (Wildman–Crippen LogP) is 2.38. The zero-order valence-corrected chi connectivity index (χ0v) is 12.9. The topological polar surface area (TPSA) is 47.6 Å². The Morgan fingerprint density at radius 3 is 2.76 bits per heavy atom. The number of terminal acetylenes is 1. The van der Waals surface area contributed by atoms with Crippen LogP contribution in [0.5, 0.6) is 5.75 Å². The molecular formula is C17H23NO3. The lowest BCUT2D eigenvalue weighted by atomic mass is 9.99. The summed E-state index contributed by atoms with van der Waals surface area (Å²) < 4.78 is 10.4. The predicted molar refractivity (Wildman–Crippen MR) is 82.9 cm³/mol. The van der Waals surface area contributed by atoms with Gasteiger partial charge in [-0.3, -0.25) is 10.1 Å². The van der Waals surface area contributed by atoms with Crippen LogP contribution in [0.2, 0.25) is 0 Å². The van der Waals surface area contributed by atoms with Crippen molar-refractivity contribution in [2.45, 2.75) is 32.9 Å². The van der Waals surface area contributed by atoms with Gasteiger partial charge in [0.15, 0.2) is 0 Å². The molecule has 0 saturated carbocycles. The van der Waals surface area contributed by atoms with Crippen LogP contribution in [0.1, 0.15) is 25.8 Å². The number of rotatable bonds is 8. The summed E-state index contributed by atoms with van der Waals surface area (Å²) in [5.74, 6) is 3.13. The average Bonchev–Trinajstić information content (AvgIpc) is 2.53. The maximum Gasteiger partial charge on any atom is 0.323 e. The second kappa shape index (κ2) is 9.04. The number of nitrogens with one attached hydrogen (secondary N) is 1. The van der Waals surface area contributed by atoms with Gasteiger partial charge in [-0.25, -0.2) is 0 Å². The van der Waals surface area contributed by atoms with E-state index in [2.05, 4.69) is 11.2 Å². The highest BCUT2D eigenvalue weighted by Gasteiger charge is 2.24. The van der Waals surface area contributed by atoms with E-state index in [9.17, 15) is 4.79 Å². The quantitative estimate of drug-likeness (QED) is 0.589. The summed E-state index contributed by atoms with van der Waals surface area (Å²) in [5.41, 5.74) is 0.963. The summed E-state index contributed by atoms with van der Waals surface area (Å²) in [6, 6.07) is 7.30. The van der Waals surface area contributed by atoms with Gasteiger partial charge in [-0.15, -0.1) is 6.42 Å². The van der Waals surface area contributed by atoms with Gasteiger partial charge >= 0.3 is 5.97 Å². The standard InChI is InChI=1S/C17H23NO3/c1-5-11-21-15-10-8-7-9-14(15)12-18-16(13(3)6-2)17(19)20-4/h1,7-10,13,16,18H,6,11-12H2,2-4H3. The number of carbonyl (C=O) groups is 1. The van der Waals surface area contributed by atoms with Crippen molar-refractivity contribution >= 4 is 5.97 Å². The van der Waals surface area contributed by atoms with Gasteiger partial charge < -0.3 is 9.47 Å². The van der Waals surface area contributed by atoms with Gasteiger partial charge in [0.1, 0.15) is 18.4 Å². The molecule has 0 aromatic heterocycles. The first-order valence-corrected chi connectivity index (χ1v) is 7.09. The molecule has 4 heteroatoms. The summed E-state index contributed by atoms with van der Waals surface area (Å²) in [7, 11) is 1.41. The molecule has 4 nitrogen and oxygen atoms in total. The molecule has 0 amide bonds. The van der Waals surface area contributed by atoms with Crippen LogP contribution in [0.3, 0.4) is 0 Å². The lowest BCUT2D eigenvalue weighted by molar-refractivity contribution is -0.144. The van der Waals surface area contributed by atoms with E-state index in [1.165, 1.54) is 7.11 Å². The van der Waals surface area contributed by atoms with Crippen LogP contribution < -0.4 is 10.1 Å². The summed E-state index contributed by atoms with van der Waals surface area (Å²) >= 11 is 0. The van der Waals surface area contributed by atoms with E-state index in [1.807, 2.05) is 38.1 Å². The van der Waals surface area contributed by atoms with Crippen LogP contribution in [-0.4, -0.2) is 25.7 Å². The molecule has 0 aliphatic rings. The zero-order valence-electron chi connectivity index (χ0n) is 12.9. The third-order valence-electron chi connectivity index (χ3n) is 3.46. The minimum absolute atomic E-state index is 0.191. The van der Waals surface area contributed by atoms with Crippen LogP contribution in [0.25, 0.3) is 0 Å². The van der Waals surface area contributed by atoms with Gasteiger partial charge in [-0.05, 0) is 12.0 Å². The number of ether oxygens (including phenoxy) is 2. The van der Waals surface area contributed by atoms with E-state index in [4.69, 9.17) is 15.9 Å². The second-order valence-electron chi connectivity index (χ2n) is 4.87. The Balaban J connectivity index is 2.76. The molecule has 114 valence electrons. The highest BCUT2D eigenvalue weighted by atomic mass is 16.5. The first-order valence-electron chi connectivity index (χ1n) is 7.09. The third kappa shape index (κ3) is 5.13. The Kier molecular flexibility index (Phi) is 7.34. The average molecular weight is 289 g/mol. The van der Waals surface area contributed by atoms with Gasteiger partial charge in [-0.2, -0.15) is 0 Å². The van der Waals surface area contributed by atoms with Crippen molar-refractivity contribution in [2.24, 2.45) is 5.92 Å². The number of esters is 1. The van der Waals surface area contributed by atoms with E-state index in [1.54, 1.807) is 0 Å². The number of hydrogen-bond acceptors (Lipinski definition) is 4. The molecular weight excluding hydrogens is 266 g/mol. The highest BCUT2D eigenvalue weighted by Crippen LogP contribution is 2.19. The fourth-order valence-electron chi connectivity index (χ4n) is 2.01. The molecule has 1 aromatic rings. The van der Waals surface area contributed by atoms with Crippen molar-refractivity contribution < 1.29 is 14.3 Å². The Labute approximate surface area is 126 Å². The molecule has 1 N–H and O–H groups in total. The molecule has 0 heterocycles. The Morgan fingerprint density at radius 2 is 2.14 bits per heavy atom. The van der Waals surface area contributed by atoms with Crippen molar-refractivity contribution in [2.75, 3.05) is 13.7 Å². The maximum atomic E-state index is 11.8. The normalized spacial score (nSPS) is 13.0. The van der Waals surface area contributed by atoms with Crippen LogP contribution >= 0.6 is 0 Å². The van der Waals surface area contributed by atoms with Gasteiger partial charge in [0.05, 0.1) is 7.11 Å². The maximum absolute atomic E-state index is 11.8.